The largest absolute Gasteiger partial charge is 0.462 e. The maximum atomic E-state index is 12.8. The summed E-state index contributed by atoms with van der Waals surface area (Å²) in [5, 5.41) is 0. The van der Waals surface area contributed by atoms with Crippen molar-refractivity contribution >= 4 is 17.9 Å². The van der Waals surface area contributed by atoms with E-state index < -0.39 is 6.10 Å². The Hall–Kier alpha value is -2.89. The quantitative estimate of drug-likeness (QED) is 0.0262. The van der Waals surface area contributed by atoms with Crippen molar-refractivity contribution in [3.8, 4) is 0 Å². The van der Waals surface area contributed by atoms with Crippen molar-refractivity contribution in [3.05, 3.63) is 60.8 Å². The van der Waals surface area contributed by atoms with Gasteiger partial charge >= 0.3 is 17.9 Å². The first-order chi connectivity index (χ1) is 31.0. The lowest BCUT2D eigenvalue weighted by Gasteiger charge is -2.18. The van der Waals surface area contributed by atoms with Gasteiger partial charge in [0.25, 0.3) is 0 Å². The van der Waals surface area contributed by atoms with Crippen LogP contribution in [-0.2, 0) is 28.6 Å². The lowest BCUT2D eigenvalue weighted by Crippen LogP contribution is -2.30. The van der Waals surface area contributed by atoms with Crippen LogP contribution in [0.4, 0.5) is 0 Å². The molecule has 63 heavy (non-hydrogen) atoms. The van der Waals surface area contributed by atoms with Crippen LogP contribution in [0.2, 0.25) is 0 Å². The molecule has 6 heteroatoms. The van der Waals surface area contributed by atoms with Gasteiger partial charge in [0, 0.05) is 19.3 Å². The third kappa shape index (κ3) is 50.0. The number of carbonyl (C=O) groups excluding carboxylic acids is 3. The van der Waals surface area contributed by atoms with Gasteiger partial charge in [0.1, 0.15) is 13.2 Å². The third-order valence-corrected chi connectivity index (χ3v) is 11.5. The third-order valence-electron chi connectivity index (χ3n) is 11.5. The van der Waals surface area contributed by atoms with E-state index in [-0.39, 0.29) is 37.5 Å². The average molecular weight is 881 g/mol. The van der Waals surface area contributed by atoms with Gasteiger partial charge in [-0.25, -0.2) is 0 Å². The van der Waals surface area contributed by atoms with Crippen molar-refractivity contribution in [2.24, 2.45) is 0 Å². The molecule has 0 aromatic rings. The second kappa shape index (κ2) is 51.7. The fourth-order valence-electron chi connectivity index (χ4n) is 7.43. The molecule has 6 nitrogen and oxygen atoms in total. The lowest BCUT2D eigenvalue weighted by atomic mass is 10.0. The van der Waals surface area contributed by atoms with Gasteiger partial charge in [-0.05, 0) is 83.5 Å². The van der Waals surface area contributed by atoms with Crippen LogP contribution in [0.25, 0.3) is 0 Å². The van der Waals surface area contributed by atoms with E-state index in [2.05, 4.69) is 81.5 Å². The summed E-state index contributed by atoms with van der Waals surface area (Å²) in [6.45, 7) is 6.56. The smallest absolute Gasteiger partial charge is 0.306 e. The Morgan fingerprint density at radius 3 is 1.02 bits per heavy atom. The standard InChI is InChI=1S/C57H100O6/c1-4-7-10-13-16-19-22-25-27-28-30-33-35-38-41-44-47-50-56(59)62-53-54(63-57(60)51-48-45-42-39-36-31-24-21-18-15-12-9-6-3)52-61-55(58)49-46-43-40-37-34-32-29-26-23-20-17-14-11-8-5-2/h16,19-20,23,25,27,30,33,38,41,54H,4-15,17-18,21-22,24,26,28-29,31-32,34-37,39-40,42-53H2,1-3H3/b19-16-,23-20-,27-25-,33-30-,41-38-/t54-/m1/s1. The van der Waals surface area contributed by atoms with Crippen LogP contribution in [0.1, 0.15) is 265 Å². The highest BCUT2D eigenvalue weighted by molar-refractivity contribution is 5.71. The minimum atomic E-state index is -0.795. The van der Waals surface area contributed by atoms with Gasteiger partial charge in [-0.15, -0.1) is 0 Å². The Morgan fingerprint density at radius 2 is 0.587 bits per heavy atom. The number of allylic oxidation sites excluding steroid dienone is 10. The van der Waals surface area contributed by atoms with Gasteiger partial charge in [0.05, 0.1) is 0 Å². The van der Waals surface area contributed by atoms with Gasteiger partial charge < -0.3 is 14.2 Å². The summed E-state index contributed by atoms with van der Waals surface area (Å²) in [7, 11) is 0. The Labute approximate surface area is 390 Å². The van der Waals surface area contributed by atoms with Gasteiger partial charge in [-0.2, -0.15) is 0 Å². The summed E-state index contributed by atoms with van der Waals surface area (Å²) < 4.78 is 16.8. The zero-order chi connectivity index (χ0) is 45.8. The molecule has 1 atom stereocenters. The van der Waals surface area contributed by atoms with E-state index in [1.807, 2.05) is 0 Å². The number of rotatable bonds is 48. The maximum absolute atomic E-state index is 12.8. The van der Waals surface area contributed by atoms with Gasteiger partial charge in [-0.1, -0.05) is 223 Å². The first kappa shape index (κ1) is 60.1. The fourth-order valence-corrected chi connectivity index (χ4v) is 7.43. The molecule has 0 fully saturated rings. The summed E-state index contributed by atoms with van der Waals surface area (Å²) in [5.41, 5.74) is 0. The van der Waals surface area contributed by atoms with E-state index in [9.17, 15) is 14.4 Å². The summed E-state index contributed by atoms with van der Waals surface area (Å²) >= 11 is 0. The van der Waals surface area contributed by atoms with Gasteiger partial charge in [0.15, 0.2) is 6.10 Å². The second-order valence-corrected chi connectivity index (χ2v) is 17.8. The van der Waals surface area contributed by atoms with E-state index in [0.29, 0.717) is 19.3 Å². The number of hydrogen-bond donors (Lipinski definition) is 0. The van der Waals surface area contributed by atoms with E-state index in [4.69, 9.17) is 14.2 Å². The van der Waals surface area contributed by atoms with Crippen LogP contribution in [-0.4, -0.2) is 37.2 Å². The van der Waals surface area contributed by atoms with Crippen molar-refractivity contribution in [2.75, 3.05) is 13.2 Å². The molecule has 0 aliphatic heterocycles. The van der Waals surface area contributed by atoms with E-state index in [1.54, 1.807) is 0 Å². The van der Waals surface area contributed by atoms with Crippen molar-refractivity contribution in [1.29, 1.82) is 0 Å². The molecule has 0 N–H and O–H groups in total. The molecule has 0 aromatic heterocycles. The molecule has 0 rings (SSSR count). The van der Waals surface area contributed by atoms with Crippen LogP contribution in [0.5, 0.6) is 0 Å². The summed E-state index contributed by atoms with van der Waals surface area (Å²) in [6.07, 6.45) is 63.5. The van der Waals surface area contributed by atoms with Gasteiger partial charge in [0.2, 0.25) is 0 Å². The summed E-state index contributed by atoms with van der Waals surface area (Å²) in [5.74, 6) is -0.947. The monoisotopic (exact) mass is 881 g/mol. The van der Waals surface area contributed by atoms with Crippen molar-refractivity contribution in [2.45, 2.75) is 271 Å². The molecule has 0 bridgehead atoms. The highest BCUT2D eigenvalue weighted by atomic mass is 16.6. The second-order valence-electron chi connectivity index (χ2n) is 17.8. The minimum Gasteiger partial charge on any atom is -0.462 e. The predicted molar refractivity (Wildman–Crippen MR) is 270 cm³/mol. The molecule has 0 spiro atoms. The summed E-state index contributed by atoms with van der Waals surface area (Å²) in [6, 6.07) is 0. The van der Waals surface area contributed by atoms with Crippen LogP contribution in [0.3, 0.4) is 0 Å². The average Bonchev–Trinajstić information content (AvgIpc) is 3.28. The van der Waals surface area contributed by atoms with Crippen LogP contribution < -0.4 is 0 Å². The molecular formula is C57H100O6. The highest BCUT2D eigenvalue weighted by Crippen LogP contribution is 2.15. The molecule has 0 aromatic carbocycles. The van der Waals surface area contributed by atoms with Crippen LogP contribution in [0.15, 0.2) is 60.8 Å². The summed E-state index contributed by atoms with van der Waals surface area (Å²) in [4.78, 5) is 38.0. The lowest BCUT2D eigenvalue weighted by molar-refractivity contribution is -0.167. The van der Waals surface area contributed by atoms with Crippen molar-refractivity contribution in [1.82, 2.24) is 0 Å². The molecule has 0 amide bonds. The van der Waals surface area contributed by atoms with E-state index in [0.717, 1.165) is 64.2 Å². The van der Waals surface area contributed by atoms with E-state index in [1.165, 1.54) is 154 Å². The minimum absolute atomic E-state index is 0.0914. The Kier molecular flexibility index (Phi) is 49.4. The molecule has 0 aliphatic carbocycles. The number of hydrogen-bond acceptors (Lipinski definition) is 6. The first-order valence-corrected chi connectivity index (χ1v) is 26.8. The zero-order valence-electron chi connectivity index (χ0n) is 41.6. The molecule has 0 radical (unpaired) electrons. The number of carbonyl (C=O) groups is 3. The Bertz CT molecular complexity index is 1150. The van der Waals surface area contributed by atoms with Gasteiger partial charge in [-0.3, -0.25) is 14.4 Å². The molecule has 0 aliphatic rings. The molecule has 0 heterocycles. The van der Waals surface area contributed by atoms with Crippen LogP contribution in [0, 0.1) is 0 Å². The van der Waals surface area contributed by atoms with E-state index >= 15 is 0 Å². The molecule has 0 saturated heterocycles. The van der Waals surface area contributed by atoms with Crippen molar-refractivity contribution < 1.29 is 28.6 Å². The molecule has 0 unspecified atom stereocenters. The topological polar surface area (TPSA) is 78.9 Å². The Morgan fingerprint density at radius 1 is 0.317 bits per heavy atom. The predicted octanol–water partition coefficient (Wildman–Crippen LogP) is 17.6. The molecule has 364 valence electrons. The first-order valence-electron chi connectivity index (χ1n) is 26.8. The van der Waals surface area contributed by atoms with Crippen LogP contribution >= 0.6 is 0 Å². The zero-order valence-corrected chi connectivity index (χ0v) is 41.6. The highest BCUT2D eigenvalue weighted by Gasteiger charge is 2.19. The molecular weight excluding hydrogens is 781 g/mol. The normalized spacial score (nSPS) is 12.5. The SMILES string of the molecule is CCCCC/C=C\C/C=C\C/C=C\C/C=C\CCCC(=O)OC[C@@H](COC(=O)CCCCCCCCC/C=C\CCCCCC)OC(=O)CCCCCCCCCCCCCCC. The fraction of sp³-hybridized carbons (Fsp3) is 0.772. The maximum Gasteiger partial charge on any atom is 0.306 e. The number of ether oxygens (including phenoxy) is 3. The number of esters is 3. The number of unbranched alkanes of at least 4 members (excludes halogenated alkanes) is 27. The van der Waals surface area contributed by atoms with Crippen molar-refractivity contribution in [3.63, 3.8) is 0 Å². The Balaban J connectivity index is 4.45. The molecule has 0 saturated carbocycles.